The van der Waals surface area contributed by atoms with Gasteiger partial charge in [0.1, 0.15) is 0 Å². The summed E-state index contributed by atoms with van der Waals surface area (Å²) in [6, 6.07) is 18.4. The summed E-state index contributed by atoms with van der Waals surface area (Å²) < 4.78 is 28.4. The second-order valence-corrected chi connectivity index (χ2v) is 8.94. The standard InChI is InChI=1S/C21H19BrN2O3S/c1-14-5-3-8-20(15(14)2)23-21(25)16-6-4-7-18(13-16)24-28(26,27)19-11-9-17(22)10-12-19/h3-13,24H,1-2H3,(H,23,25). The Labute approximate surface area is 173 Å². The highest BCUT2D eigenvalue weighted by molar-refractivity contribution is 9.10. The molecule has 3 rings (SSSR count). The molecule has 0 spiro atoms. The predicted octanol–water partition coefficient (Wildman–Crippen LogP) is 5.12. The van der Waals surface area contributed by atoms with Crippen LogP contribution in [-0.2, 0) is 10.0 Å². The number of hydrogen-bond acceptors (Lipinski definition) is 3. The number of benzene rings is 3. The van der Waals surface area contributed by atoms with Crippen LogP contribution in [0.15, 0.2) is 76.1 Å². The summed E-state index contributed by atoms with van der Waals surface area (Å²) in [7, 11) is -3.75. The fourth-order valence-electron chi connectivity index (χ4n) is 2.63. The number of anilines is 2. The molecule has 0 saturated heterocycles. The highest BCUT2D eigenvalue weighted by atomic mass is 79.9. The molecular formula is C21H19BrN2O3S. The van der Waals surface area contributed by atoms with E-state index in [0.717, 1.165) is 21.3 Å². The molecule has 0 atom stereocenters. The van der Waals surface area contributed by atoms with E-state index in [-0.39, 0.29) is 10.8 Å². The van der Waals surface area contributed by atoms with Crippen molar-refractivity contribution < 1.29 is 13.2 Å². The van der Waals surface area contributed by atoms with Gasteiger partial charge in [-0.3, -0.25) is 9.52 Å². The van der Waals surface area contributed by atoms with Gasteiger partial charge in [0.25, 0.3) is 15.9 Å². The summed E-state index contributed by atoms with van der Waals surface area (Å²) in [6.45, 7) is 3.91. The Morgan fingerprint density at radius 3 is 2.32 bits per heavy atom. The molecule has 0 saturated carbocycles. The van der Waals surface area contributed by atoms with Crippen LogP contribution in [0.1, 0.15) is 21.5 Å². The molecule has 0 radical (unpaired) electrons. The molecule has 0 aliphatic rings. The smallest absolute Gasteiger partial charge is 0.261 e. The molecule has 3 aromatic carbocycles. The van der Waals surface area contributed by atoms with E-state index in [1.165, 1.54) is 18.2 Å². The van der Waals surface area contributed by atoms with Crippen molar-refractivity contribution in [2.75, 3.05) is 10.0 Å². The number of hydrogen-bond donors (Lipinski definition) is 2. The van der Waals surface area contributed by atoms with Crippen molar-refractivity contribution in [1.82, 2.24) is 0 Å². The zero-order valence-electron chi connectivity index (χ0n) is 15.4. The van der Waals surface area contributed by atoms with Crippen LogP contribution in [0, 0.1) is 13.8 Å². The Morgan fingerprint density at radius 2 is 1.61 bits per heavy atom. The monoisotopic (exact) mass is 458 g/mol. The van der Waals surface area contributed by atoms with Crippen LogP contribution >= 0.6 is 15.9 Å². The van der Waals surface area contributed by atoms with E-state index in [0.29, 0.717) is 11.3 Å². The number of amides is 1. The van der Waals surface area contributed by atoms with Gasteiger partial charge in [0.05, 0.1) is 4.90 Å². The SMILES string of the molecule is Cc1cccc(NC(=O)c2cccc(NS(=O)(=O)c3ccc(Br)cc3)c2)c1C. The van der Waals surface area contributed by atoms with Crippen LogP contribution in [0.5, 0.6) is 0 Å². The third kappa shape index (κ3) is 4.61. The lowest BCUT2D eigenvalue weighted by Crippen LogP contribution is -2.15. The van der Waals surface area contributed by atoms with Crippen LogP contribution in [0.3, 0.4) is 0 Å². The molecule has 0 aliphatic carbocycles. The van der Waals surface area contributed by atoms with E-state index in [9.17, 15) is 13.2 Å². The minimum atomic E-state index is -3.75. The minimum absolute atomic E-state index is 0.140. The Balaban J connectivity index is 1.81. The molecule has 5 nitrogen and oxygen atoms in total. The first-order chi connectivity index (χ1) is 13.3. The van der Waals surface area contributed by atoms with Gasteiger partial charge in [-0.05, 0) is 73.5 Å². The van der Waals surface area contributed by atoms with Gasteiger partial charge in [0.2, 0.25) is 0 Å². The Bertz CT molecular complexity index is 1130. The molecule has 144 valence electrons. The summed E-state index contributed by atoms with van der Waals surface area (Å²) in [4.78, 5) is 12.7. The predicted molar refractivity (Wildman–Crippen MR) is 115 cm³/mol. The van der Waals surface area contributed by atoms with Crippen molar-refractivity contribution in [3.05, 3.63) is 87.9 Å². The average molecular weight is 459 g/mol. The van der Waals surface area contributed by atoms with Crippen molar-refractivity contribution in [2.24, 2.45) is 0 Å². The first kappa shape index (κ1) is 20.1. The molecule has 3 aromatic rings. The number of sulfonamides is 1. The lowest BCUT2D eigenvalue weighted by Gasteiger charge is -2.12. The Hall–Kier alpha value is -2.64. The fourth-order valence-corrected chi connectivity index (χ4v) is 3.95. The quantitative estimate of drug-likeness (QED) is 0.556. The normalized spacial score (nSPS) is 11.1. The van der Waals surface area contributed by atoms with Crippen molar-refractivity contribution in [1.29, 1.82) is 0 Å². The van der Waals surface area contributed by atoms with Crippen molar-refractivity contribution >= 4 is 43.2 Å². The zero-order chi connectivity index (χ0) is 20.3. The van der Waals surface area contributed by atoms with Crippen LogP contribution in [0.4, 0.5) is 11.4 Å². The zero-order valence-corrected chi connectivity index (χ0v) is 17.8. The lowest BCUT2D eigenvalue weighted by molar-refractivity contribution is 0.102. The van der Waals surface area contributed by atoms with Crippen molar-refractivity contribution in [3.8, 4) is 0 Å². The number of rotatable bonds is 5. The fraction of sp³-hybridized carbons (Fsp3) is 0.0952. The van der Waals surface area contributed by atoms with Gasteiger partial charge < -0.3 is 5.32 Å². The number of nitrogens with one attached hydrogen (secondary N) is 2. The molecule has 2 N–H and O–H groups in total. The first-order valence-electron chi connectivity index (χ1n) is 8.52. The molecule has 0 unspecified atom stereocenters. The van der Waals surface area contributed by atoms with Gasteiger partial charge in [-0.1, -0.05) is 34.1 Å². The van der Waals surface area contributed by atoms with Crippen molar-refractivity contribution in [2.45, 2.75) is 18.7 Å². The van der Waals surface area contributed by atoms with E-state index in [4.69, 9.17) is 0 Å². The number of halogens is 1. The van der Waals surface area contributed by atoms with Crippen LogP contribution < -0.4 is 10.0 Å². The summed E-state index contributed by atoms with van der Waals surface area (Å²) in [5, 5.41) is 2.87. The van der Waals surface area contributed by atoms with Crippen LogP contribution in [-0.4, -0.2) is 14.3 Å². The Kier molecular flexibility index (Phi) is 5.86. The van der Waals surface area contributed by atoms with Crippen LogP contribution in [0.25, 0.3) is 0 Å². The second kappa shape index (κ2) is 8.16. The third-order valence-corrected chi connectivity index (χ3v) is 6.28. The van der Waals surface area contributed by atoms with Gasteiger partial charge in [-0.25, -0.2) is 8.42 Å². The largest absolute Gasteiger partial charge is 0.322 e. The van der Waals surface area contributed by atoms with Crippen molar-refractivity contribution in [3.63, 3.8) is 0 Å². The van der Waals surface area contributed by atoms with Gasteiger partial charge in [-0.15, -0.1) is 0 Å². The maximum Gasteiger partial charge on any atom is 0.261 e. The van der Waals surface area contributed by atoms with Gasteiger partial charge >= 0.3 is 0 Å². The first-order valence-corrected chi connectivity index (χ1v) is 10.8. The molecule has 0 heterocycles. The molecule has 1 amide bonds. The summed E-state index contributed by atoms with van der Waals surface area (Å²) >= 11 is 3.28. The highest BCUT2D eigenvalue weighted by Crippen LogP contribution is 2.21. The molecule has 0 bridgehead atoms. The number of carbonyl (C=O) groups is 1. The van der Waals surface area contributed by atoms with E-state index in [1.54, 1.807) is 30.3 Å². The van der Waals surface area contributed by atoms with E-state index in [2.05, 4.69) is 26.0 Å². The Morgan fingerprint density at radius 1 is 0.929 bits per heavy atom. The van der Waals surface area contributed by atoms with E-state index >= 15 is 0 Å². The third-order valence-electron chi connectivity index (χ3n) is 4.35. The van der Waals surface area contributed by atoms with Gasteiger partial charge in [0, 0.05) is 21.4 Å². The van der Waals surface area contributed by atoms with Gasteiger partial charge in [-0.2, -0.15) is 0 Å². The second-order valence-electron chi connectivity index (χ2n) is 6.34. The van der Waals surface area contributed by atoms with Crippen LogP contribution in [0.2, 0.25) is 0 Å². The summed E-state index contributed by atoms with van der Waals surface area (Å²) in [6.07, 6.45) is 0. The highest BCUT2D eigenvalue weighted by Gasteiger charge is 2.15. The molecule has 0 aliphatic heterocycles. The van der Waals surface area contributed by atoms with Gasteiger partial charge in [0.15, 0.2) is 0 Å². The molecule has 0 fully saturated rings. The topological polar surface area (TPSA) is 75.3 Å². The number of carbonyl (C=O) groups excluding carboxylic acids is 1. The molecule has 0 aromatic heterocycles. The van der Waals surface area contributed by atoms with E-state index < -0.39 is 10.0 Å². The number of aryl methyl sites for hydroxylation is 1. The van der Waals surface area contributed by atoms with E-state index in [1.807, 2.05) is 32.0 Å². The maximum atomic E-state index is 12.6. The lowest BCUT2D eigenvalue weighted by atomic mass is 10.1. The maximum absolute atomic E-state index is 12.6. The summed E-state index contributed by atoms with van der Waals surface area (Å²) in [5.74, 6) is -0.307. The average Bonchev–Trinajstić information content (AvgIpc) is 2.65. The molecule has 7 heteroatoms. The molecule has 28 heavy (non-hydrogen) atoms. The molecular weight excluding hydrogens is 440 g/mol. The minimum Gasteiger partial charge on any atom is -0.322 e. The summed E-state index contributed by atoms with van der Waals surface area (Å²) in [5.41, 5.74) is 3.47.